The summed E-state index contributed by atoms with van der Waals surface area (Å²) in [5.74, 6) is 0. The van der Waals surface area contributed by atoms with Crippen molar-refractivity contribution in [3.63, 3.8) is 0 Å². The molecular formula is C25H41N5O3Si. The van der Waals surface area contributed by atoms with E-state index in [1.165, 1.54) is 0 Å². The number of rotatable bonds is 9. The SMILES string of the molecule is C=CC[C@H](NC(=O)OC(C)(C)C)c1cc(-c2c(N)cnn2CCO[Si](C)(C)C(C)(C)C)ccn1. The van der Waals surface area contributed by atoms with Gasteiger partial charge in [-0.3, -0.25) is 9.67 Å². The van der Waals surface area contributed by atoms with Gasteiger partial charge >= 0.3 is 6.09 Å². The van der Waals surface area contributed by atoms with E-state index in [9.17, 15) is 4.79 Å². The van der Waals surface area contributed by atoms with E-state index in [0.717, 1.165) is 11.3 Å². The molecule has 0 aliphatic heterocycles. The van der Waals surface area contributed by atoms with E-state index >= 15 is 0 Å². The molecule has 0 unspecified atom stereocenters. The first-order valence-corrected chi connectivity index (χ1v) is 14.6. The molecule has 0 aliphatic rings. The summed E-state index contributed by atoms with van der Waals surface area (Å²) in [4.78, 5) is 16.9. The van der Waals surface area contributed by atoms with Crippen molar-refractivity contribution < 1.29 is 14.0 Å². The highest BCUT2D eigenvalue weighted by molar-refractivity contribution is 6.74. The number of carbonyl (C=O) groups excluding carboxylic acids is 1. The lowest BCUT2D eigenvalue weighted by atomic mass is 10.1. The highest BCUT2D eigenvalue weighted by atomic mass is 28.4. The molecule has 34 heavy (non-hydrogen) atoms. The third-order valence-electron chi connectivity index (χ3n) is 5.94. The molecule has 0 fully saturated rings. The van der Waals surface area contributed by atoms with Crippen molar-refractivity contribution in [3.05, 3.63) is 42.9 Å². The van der Waals surface area contributed by atoms with Crippen LogP contribution in [0, 0.1) is 0 Å². The second kappa shape index (κ2) is 10.7. The lowest BCUT2D eigenvalue weighted by Gasteiger charge is -2.36. The zero-order valence-electron chi connectivity index (χ0n) is 21.9. The van der Waals surface area contributed by atoms with Crippen LogP contribution >= 0.6 is 0 Å². The van der Waals surface area contributed by atoms with E-state index < -0.39 is 20.0 Å². The van der Waals surface area contributed by atoms with Crippen molar-refractivity contribution in [1.29, 1.82) is 0 Å². The van der Waals surface area contributed by atoms with E-state index in [-0.39, 0.29) is 11.1 Å². The minimum Gasteiger partial charge on any atom is -0.444 e. The number of carbonyl (C=O) groups is 1. The highest BCUT2D eigenvalue weighted by Crippen LogP contribution is 2.36. The Morgan fingerprint density at radius 1 is 1.29 bits per heavy atom. The molecule has 2 rings (SSSR count). The van der Waals surface area contributed by atoms with Gasteiger partial charge in [0.1, 0.15) is 5.60 Å². The van der Waals surface area contributed by atoms with Gasteiger partial charge in [0.25, 0.3) is 0 Å². The Kier molecular flexibility index (Phi) is 8.71. The molecule has 1 atom stereocenters. The number of hydrogen-bond acceptors (Lipinski definition) is 6. The van der Waals surface area contributed by atoms with Crippen LogP contribution in [0.4, 0.5) is 10.5 Å². The first-order chi connectivity index (χ1) is 15.6. The van der Waals surface area contributed by atoms with Crippen LogP contribution in [-0.4, -0.2) is 41.4 Å². The normalized spacial score (nSPS) is 13.4. The van der Waals surface area contributed by atoms with Crippen LogP contribution in [0.3, 0.4) is 0 Å². The summed E-state index contributed by atoms with van der Waals surface area (Å²) in [6.45, 7) is 21.6. The summed E-state index contributed by atoms with van der Waals surface area (Å²) in [6, 6.07) is 3.43. The summed E-state index contributed by atoms with van der Waals surface area (Å²) in [5.41, 5.74) is 8.63. The number of amides is 1. The number of nitrogens with zero attached hydrogens (tertiary/aromatic N) is 3. The summed E-state index contributed by atoms with van der Waals surface area (Å²) >= 11 is 0. The van der Waals surface area contributed by atoms with Crippen LogP contribution in [0.15, 0.2) is 37.2 Å². The van der Waals surface area contributed by atoms with E-state index in [2.05, 4.69) is 55.8 Å². The molecule has 0 aromatic carbocycles. The first kappa shape index (κ1) is 27.6. The Hall–Kier alpha value is -2.65. The van der Waals surface area contributed by atoms with Crippen molar-refractivity contribution in [3.8, 4) is 11.3 Å². The number of alkyl carbamates (subject to hydrolysis) is 1. The highest BCUT2D eigenvalue weighted by Gasteiger charge is 2.37. The number of ether oxygens (including phenoxy) is 1. The van der Waals surface area contributed by atoms with E-state index in [4.69, 9.17) is 14.9 Å². The molecule has 9 heteroatoms. The van der Waals surface area contributed by atoms with Gasteiger partial charge in [0.15, 0.2) is 8.32 Å². The third-order valence-corrected chi connectivity index (χ3v) is 10.5. The smallest absolute Gasteiger partial charge is 0.408 e. The average molecular weight is 488 g/mol. The molecule has 1 amide bonds. The number of hydrogen-bond donors (Lipinski definition) is 2. The maximum absolute atomic E-state index is 12.4. The Morgan fingerprint density at radius 3 is 2.56 bits per heavy atom. The molecule has 2 aromatic rings. The van der Waals surface area contributed by atoms with Crippen molar-refractivity contribution in [2.45, 2.75) is 84.3 Å². The second-order valence-electron chi connectivity index (χ2n) is 11.0. The predicted octanol–water partition coefficient (Wildman–Crippen LogP) is 5.69. The molecule has 8 nitrogen and oxygen atoms in total. The molecule has 188 valence electrons. The van der Waals surface area contributed by atoms with Crippen molar-refractivity contribution in [1.82, 2.24) is 20.1 Å². The topological polar surface area (TPSA) is 104 Å². The van der Waals surface area contributed by atoms with Crippen molar-refractivity contribution in [2.24, 2.45) is 0 Å². The zero-order chi connectivity index (χ0) is 25.7. The Morgan fingerprint density at radius 2 is 1.97 bits per heavy atom. The van der Waals surface area contributed by atoms with Gasteiger partial charge in [-0.15, -0.1) is 6.58 Å². The summed E-state index contributed by atoms with van der Waals surface area (Å²) in [7, 11) is -1.86. The number of nitrogens with two attached hydrogens (primary N) is 1. The van der Waals surface area contributed by atoms with Crippen molar-refractivity contribution >= 4 is 20.1 Å². The molecule has 0 spiro atoms. The molecule has 0 saturated carbocycles. The van der Waals surface area contributed by atoms with E-state index in [0.29, 0.717) is 31.0 Å². The van der Waals surface area contributed by atoms with Crippen LogP contribution < -0.4 is 11.1 Å². The minimum absolute atomic E-state index is 0.139. The van der Waals surface area contributed by atoms with Gasteiger partial charge in [0.2, 0.25) is 0 Å². The van der Waals surface area contributed by atoms with Crippen molar-refractivity contribution in [2.75, 3.05) is 12.3 Å². The zero-order valence-corrected chi connectivity index (χ0v) is 22.9. The Bertz CT molecular complexity index is 989. The van der Waals surface area contributed by atoms with Gasteiger partial charge in [0.05, 0.1) is 42.5 Å². The number of anilines is 1. The van der Waals surface area contributed by atoms with Gasteiger partial charge in [-0.25, -0.2) is 4.79 Å². The van der Waals surface area contributed by atoms with Crippen LogP contribution in [0.2, 0.25) is 18.1 Å². The molecule has 3 N–H and O–H groups in total. The predicted molar refractivity (Wildman–Crippen MR) is 140 cm³/mol. The van der Waals surface area contributed by atoms with Gasteiger partial charge in [-0.2, -0.15) is 5.10 Å². The largest absolute Gasteiger partial charge is 0.444 e. The van der Waals surface area contributed by atoms with Crippen LogP contribution in [0.1, 0.15) is 59.7 Å². The minimum atomic E-state index is -1.86. The molecule has 2 heterocycles. The Balaban J connectivity index is 2.25. The van der Waals surface area contributed by atoms with Gasteiger partial charge < -0.3 is 20.2 Å². The second-order valence-corrected chi connectivity index (χ2v) is 15.8. The molecule has 0 aliphatic carbocycles. The summed E-state index contributed by atoms with van der Waals surface area (Å²) in [5, 5.41) is 7.51. The number of aromatic nitrogens is 3. The molecular weight excluding hydrogens is 446 g/mol. The number of pyridine rings is 1. The number of nitrogens with one attached hydrogen (secondary N) is 1. The van der Waals surface area contributed by atoms with Gasteiger partial charge in [-0.05, 0) is 57.5 Å². The molecule has 2 aromatic heterocycles. The first-order valence-electron chi connectivity index (χ1n) is 11.7. The Labute approximate surface area is 205 Å². The average Bonchev–Trinajstić information content (AvgIpc) is 3.05. The summed E-state index contributed by atoms with van der Waals surface area (Å²) < 4.78 is 13.6. The fourth-order valence-electron chi connectivity index (χ4n) is 3.15. The third kappa shape index (κ3) is 7.43. The van der Waals surface area contributed by atoms with E-state index in [1.807, 2.05) is 37.6 Å². The van der Waals surface area contributed by atoms with Crippen LogP contribution in [0.25, 0.3) is 11.3 Å². The van der Waals surface area contributed by atoms with E-state index in [1.54, 1.807) is 18.5 Å². The van der Waals surface area contributed by atoms with Crippen LogP contribution in [-0.2, 0) is 15.7 Å². The maximum atomic E-state index is 12.4. The summed E-state index contributed by atoms with van der Waals surface area (Å²) in [6.07, 6.45) is 5.11. The number of nitrogen functional groups attached to an aromatic ring is 1. The quantitative estimate of drug-likeness (QED) is 0.348. The molecule has 0 bridgehead atoms. The molecule has 0 saturated heterocycles. The monoisotopic (exact) mass is 487 g/mol. The lowest BCUT2D eigenvalue weighted by Crippen LogP contribution is -2.41. The molecule has 0 radical (unpaired) electrons. The van der Waals surface area contributed by atoms with Gasteiger partial charge in [-0.1, -0.05) is 26.8 Å². The fourth-order valence-corrected chi connectivity index (χ4v) is 4.18. The maximum Gasteiger partial charge on any atom is 0.408 e. The standard InChI is InChI=1S/C25H41N5O3Si/c1-10-11-20(29-23(31)33-24(2,3)4)21-16-18(12-13-27-21)22-19(26)17-28-30(22)14-15-32-34(8,9)25(5,6)7/h10,12-13,16-17,20H,1,11,14-15,26H2,2-9H3,(H,29,31)/t20-/m0/s1. The van der Waals surface area contributed by atoms with Gasteiger partial charge in [0, 0.05) is 11.8 Å². The fraction of sp³-hybridized carbons (Fsp3) is 0.560. The lowest BCUT2D eigenvalue weighted by molar-refractivity contribution is 0.0503. The van der Waals surface area contributed by atoms with Crippen LogP contribution in [0.5, 0.6) is 0 Å².